The van der Waals surface area contributed by atoms with Crippen LogP contribution in [-0.4, -0.2) is 41.2 Å². The van der Waals surface area contributed by atoms with Gasteiger partial charge in [-0.1, -0.05) is 0 Å². The van der Waals surface area contributed by atoms with E-state index in [9.17, 15) is 18.0 Å². The van der Waals surface area contributed by atoms with Gasteiger partial charge in [0.25, 0.3) is 0 Å². The predicted octanol–water partition coefficient (Wildman–Crippen LogP) is 6.49. The molecule has 0 heterocycles. The molecule has 180 valence electrons. The third kappa shape index (κ3) is 10.7. The van der Waals surface area contributed by atoms with Gasteiger partial charge in [0.15, 0.2) is 0 Å². The normalized spacial score (nSPS) is 12.3. The average molecular weight is 716 g/mol. The van der Waals surface area contributed by atoms with Crippen LogP contribution in [0.1, 0.15) is 12.8 Å². The maximum absolute atomic E-state index is 12.9. The Morgan fingerprint density at radius 2 is 0.939 bits per heavy atom. The molecular weight excluding hydrogens is 698 g/mol. The van der Waals surface area contributed by atoms with Crippen molar-refractivity contribution < 1.29 is 18.0 Å². The number of sulfone groups is 1. The van der Waals surface area contributed by atoms with Gasteiger partial charge < -0.3 is 0 Å². The van der Waals surface area contributed by atoms with E-state index in [1.165, 1.54) is 48.5 Å². The van der Waals surface area contributed by atoms with Crippen LogP contribution < -0.4 is 10.6 Å². The summed E-state index contributed by atoms with van der Waals surface area (Å²) in [4.78, 5) is 24.0. The van der Waals surface area contributed by atoms with Crippen molar-refractivity contribution in [2.24, 2.45) is 0 Å². The van der Waals surface area contributed by atoms with E-state index in [0.717, 1.165) is 0 Å². The molecule has 0 saturated heterocycles. The quantitative estimate of drug-likeness (QED) is 0.276. The van der Waals surface area contributed by atoms with E-state index in [0.29, 0.717) is 11.4 Å². The maximum atomic E-state index is 12.9. The Morgan fingerprint density at radius 3 is 1.21 bits per heavy atom. The number of nitrogens with one attached hydrogen (secondary N) is 2. The molecule has 0 spiro atoms. The van der Waals surface area contributed by atoms with E-state index >= 15 is 0 Å². The zero-order valence-electron chi connectivity index (χ0n) is 16.8. The van der Waals surface area contributed by atoms with Crippen molar-refractivity contribution in [2.75, 3.05) is 10.6 Å². The van der Waals surface area contributed by atoms with Crippen molar-refractivity contribution in [1.82, 2.24) is 0 Å². The molecule has 0 unspecified atom stereocenters. The first-order valence-electron chi connectivity index (χ1n) is 9.34. The number of hydrogen-bond acceptors (Lipinski definition) is 4. The van der Waals surface area contributed by atoms with E-state index in [1.54, 1.807) is 0 Å². The molecule has 0 saturated carbocycles. The Morgan fingerprint density at radius 1 is 0.636 bits per heavy atom. The summed E-state index contributed by atoms with van der Waals surface area (Å²) in [6.07, 6.45) is 0.152. The summed E-state index contributed by atoms with van der Waals surface area (Å²) in [5.74, 6) is -0.644. The number of amides is 2. The Balaban J connectivity index is 2.01. The first-order chi connectivity index (χ1) is 15.2. The molecule has 2 amide bonds. The van der Waals surface area contributed by atoms with Crippen LogP contribution in [0, 0.1) is 0 Å². The topological polar surface area (TPSA) is 92.3 Å². The summed E-state index contributed by atoms with van der Waals surface area (Å²) >= 11 is 0. The van der Waals surface area contributed by atoms with Crippen LogP contribution in [0.4, 0.5) is 11.4 Å². The molecule has 0 bridgehead atoms. The molecule has 0 radical (unpaired) electrons. The molecule has 2 aromatic carbocycles. The van der Waals surface area contributed by atoms with E-state index in [1.807, 2.05) is 0 Å². The second-order valence-electron chi connectivity index (χ2n) is 6.88. The summed E-state index contributed by atoms with van der Waals surface area (Å²) in [5.41, 5.74) is 0.848. The van der Waals surface area contributed by atoms with Crippen LogP contribution in [0.2, 0.25) is 10.5 Å². The van der Waals surface area contributed by atoms with E-state index < -0.39 is 30.8 Å². The molecule has 6 nitrogen and oxygen atoms in total. The minimum absolute atomic E-state index is 0.0444. The fraction of sp³-hybridized carbons (Fsp3) is 0.222. The summed E-state index contributed by atoms with van der Waals surface area (Å²) in [6, 6.07) is 11.4. The van der Waals surface area contributed by atoms with Crippen molar-refractivity contribution in [3.05, 3.63) is 48.5 Å². The first-order valence-corrected chi connectivity index (χ1v) is 30.3. The summed E-state index contributed by atoms with van der Waals surface area (Å²) < 4.78 is 25.8. The van der Waals surface area contributed by atoms with E-state index in [4.69, 9.17) is 60.1 Å². The molecule has 2 rings (SSSR count). The third-order valence-electron chi connectivity index (χ3n) is 4.17. The molecule has 15 heteroatoms. The Hall–Kier alpha value is 0.156. The van der Waals surface area contributed by atoms with Gasteiger partial charge in [0, 0.05) is 0 Å². The number of anilines is 2. The van der Waals surface area contributed by atoms with Crippen LogP contribution >= 0.6 is 60.1 Å². The van der Waals surface area contributed by atoms with Gasteiger partial charge in [0.1, 0.15) is 0 Å². The zero-order valence-corrected chi connectivity index (χ0v) is 26.3. The molecule has 2 aromatic rings. The summed E-state index contributed by atoms with van der Waals surface area (Å²) in [6.45, 7) is 0. The van der Waals surface area contributed by atoms with Crippen molar-refractivity contribution in [1.29, 1.82) is 0 Å². The Bertz CT molecular complexity index is 1010. The van der Waals surface area contributed by atoms with Gasteiger partial charge in [0.05, 0.1) is 0 Å². The second kappa shape index (κ2) is 12.4. The van der Waals surface area contributed by atoms with Crippen molar-refractivity contribution in [3.8, 4) is 0 Å². The standard InChI is InChI=1S/C18H18Cl6Ge2N2O4S/c19-25(20,21)11-9-17(29)27-13-1-5-15(6-2-13)33(31,32)16-7-3-14(4-8-16)28-18(30)10-12-26(22,23)24/h1-8H,9-12H2,(H,27,29)(H,28,30). The number of benzene rings is 2. The van der Waals surface area contributed by atoms with Crippen molar-refractivity contribution >= 4 is 114 Å². The van der Waals surface area contributed by atoms with E-state index in [2.05, 4.69) is 10.6 Å². The van der Waals surface area contributed by atoms with Gasteiger partial charge in [-0.15, -0.1) is 0 Å². The number of halogens is 6. The molecule has 0 aliphatic heterocycles. The molecular formula is C18H18Cl6Ge2N2O4S. The molecule has 0 aliphatic rings. The van der Waals surface area contributed by atoms with Crippen LogP contribution in [0.15, 0.2) is 58.3 Å². The summed E-state index contributed by atoms with van der Waals surface area (Å²) in [5, 5.41) is 5.74. The number of rotatable bonds is 10. The second-order valence-corrected chi connectivity index (χ2v) is 42.2. The minimum atomic E-state index is -3.80. The average Bonchev–Trinajstić information content (AvgIpc) is 2.71. The number of hydrogen-bond donors (Lipinski definition) is 2. The van der Waals surface area contributed by atoms with Gasteiger partial charge in [-0.25, -0.2) is 0 Å². The van der Waals surface area contributed by atoms with Gasteiger partial charge in [-0.2, -0.15) is 0 Å². The van der Waals surface area contributed by atoms with E-state index in [-0.39, 0.29) is 45.0 Å². The number of carbonyl (C=O) groups is 2. The van der Waals surface area contributed by atoms with Gasteiger partial charge in [-0.05, 0) is 0 Å². The molecule has 0 atom stereocenters. The third-order valence-corrected chi connectivity index (χ3v) is 15.3. The van der Waals surface area contributed by atoms with Crippen LogP contribution in [0.3, 0.4) is 0 Å². The van der Waals surface area contributed by atoms with Gasteiger partial charge in [0.2, 0.25) is 0 Å². The predicted molar refractivity (Wildman–Crippen MR) is 141 cm³/mol. The van der Waals surface area contributed by atoms with Crippen LogP contribution in [0.25, 0.3) is 0 Å². The van der Waals surface area contributed by atoms with Gasteiger partial charge >= 0.3 is 224 Å². The van der Waals surface area contributed by atoms with Crippen LogP contribution in [0.5, 0.6) is 0 Å². The SMILES string of the molecule is O=C(C[CH2][Ge]([Cl])([Cl])[Cl])Nc1ccc(S(=O)(=O)c2ccc(NC(=O)C[CH2][Ge]([Cl])([Cl])[Cl])cc2)cc1. The molecule has 0 fully saturated rings. The molecule has 0 aliphatic carbocycles. The van der Waals surface area contributed by atoms with Crippen LogP contribution in [-0.2, 0) is 19.4 Å². The number of carbonyl (C=O) groups excluding carboxylic acids is 2. The Kier molecular flexibility index (Phi) is 11.0. The molecule has 2 N–H and O–H groups in total. The van der Waals surface area contributed by atoms with Crippen molar-refractivity contribution in [3.63, 3.8) is 0 Å². The molecule has 0 aromatic heterocycles. The monoisotopic (exact) mass is 716 g/mol. The van der Waals surface area contributed by atoms with Gasteiger partial charge in [-0.3, -0.25) is 0 Å². The van der Waals surface area contributed by atoms with Crippen molar-refractivity contribution in [2.45, 2.75) is 33.1 Å². The Labute approximate surface area is 222 Å². The molecule has 33 heavy (non-hydrogen) atoms. The summed E-state index contributed by atoms with van der Waals surface area (Å²) in [7, 11) is 24.3. The fourth-order valence-electron chi connectivity index (χ4n) is 2.53. The first kappa shape index (κ1) is 29.4. The zero-order chi connectivity index (χ0) is 24.9. The fourth-order valence-corrected chi connectivity index (χ4v) is 8.88.